The van der Waals surface area contributed by atoms with Crippen molar-refractivity contribution in [2.75, 3.05) is 5.75 Å². The molecule has 106 valence electrons. The predicted molar refractivity (Wildman–Crippen MR) is 81.4 cm³/mol. The number of thioether (sulfide) groups is 1. The molecule has 2 N–H and O–H groups in total. The summed E-state index contributed by atoms with van der Waals surface area (Å²) >= 11 is 1.66. The van der Waals surface area contributed by atoms with Gasteiger partial charge in [-0.2, -0.15) is 5.26 Å². The molecule has 4 nitrogen and oxygen atoms in total. The number of hydrogen-bond acceptors (Lipinski definition) is 4. The van der Waals surface area contributed by atoms with Gasteiger partial charge in [0.2, 0.25) is 5.91 Å². The molecular formula is C14H16ClN3OS. The van der Waals surface area contributed by atoms with E-state index in [1.54, 1.807) is 16.7 Å². The molecule has 0 spiro atoms. The van der Waals surface area contributed by atoms with Crippen molar-refractivity contribution in [3.05, 3.63) is 35.9 Å². The summed E-state index contributed by atoms with van der Waals surface area (Å²) in [7, 11) is 0. The monoisotopic (exact) mass is 309 g/mol. The van der Waals surface area contributed by atoms with Gasteiger partial charge in [-0.1, -0.05) is 30.3 Å². The summed E-state index contributed by atoms with van der Waals surface area (Å²) in [6.45, 7) is 0. The van der Waals surface area contributed by atoms with Crippen LogP contribution in [0.4, 0.5) is 0 Å². The summed E-state index contributed by atoms with van der Waals surface area (Å²) in [5.41, 5.74) is 6.54. The van der Waals surface area contributed by atoms with Crippen molar-refractivity contribution < 1.29 is 4.79 Å². The number of amides is 1. The van der Waals surface area contributed by atoms with Crippen LogP contribution in [0.5, 0.6) is 0 Å². The van der Waals surface area contributed by atoms with E-state index in [-0.39, 0.29) is 29.7 Å². The van der Waals surface area contributed by atoms with Gasteiger partial charge in [-0.05, 0) is 12.0 Å². The van der Waals surface area contributed by atoms with Gasteiger partial charge in [0, 0.05) is 12.2 Å². The molecule has 1 amide bonds. The fourth-order valence-corrected chi connectivity index (χ4v) is 4.31. The van der Waals surface area contributed by atoms with Crippen LogP contribution in [0.3, 0.4) is 0 Å². The number of nitrogens with zero attached hydrogens (tertiary/aromatic N) is 2. The molecule has 0 aliphatic carbocycles. The Labute approximate surface area is 128 Å². The number of fused-ring (bicyclic) bond motifs is 1. The van der Waals surface area contributed by atoms with Crippen molar-refractivity contribution in [3.63, 3.8) is 0 Å². The zero-order valence-electron chi connectivity index (χ0n) is 10.9. The third kappa shape index (κ3) is 2.39. The fraction of sp³-hybridized carbons (Fsp3) is 0.429. The number of nitrogens with two attached hydrogens (primary N) is 1. The van der Waals surface area contributed by atoms with Crippen LogP contribution in [-0.2, 0) is 11.2 Å². The summed E-state index contributed by atoms with van der Waals surface area (Å²) in [6, 6.07) is 11.7. The van der Waals surface area contributed by atoms with Gasteiger partial charge in [-0.3, -0.25) is 4.79 Å². The van der Waals surface area contributed by atoms with Crippen molar-refractivity contribution in [3.8, 4) is 6.07 Å². The van der Waals surface area contributed by atoms with Gasteiger partial charge in [-0.15, -0.1) is 24.2 Å². The van der Waals surface area contributed by atoms with Crippen LogP contribution in [0.15, 0.2) is 30.3 Å². The Kier molecular flexibility index (Phi) is 4.28. The van der Waals surface area contributed by atoms with E-state index in [2.05, 4.69) is 6.07 Å². The molecule has 2 heterocycles. The molecule has 2 saturated heterocycles. The smallest absolute Gasteiger partial charge is 0.245 e. The first-order valence-electron chi connectivity index (χ1n) is 6.31. The van der Waals surface area contributed by atoms with Gasteiger partial charge in [-0.25, -0.2) is 0 Å². The van der Waals surface area contributed by atoms with E-state index in [1.807, 2.05) is 30.3 Å². The third-order valence-corrected chi connectivity index (χ3v) is 5.09. The van der Waals surface area contributed by atoms with Crippen LogP contribution in [-0.4, -0.2) is 33.5 Å². The number of nitriles is 1. The first-order valence-corrected chi connectivity index (χ1v) is 7.36. The quantitative estimate of drug-likeness (QED) is 0.900. The van der Waals surface area contributed by atoms with Crippen LogP contribution in [0.1, 0.15) is 12.0 Å². The van der Waals surface area contributed by atoms with Crippen molar-refractivity contribution in [1.82, 2.24) is 4.90 Å². The van der Waals surface area contributed by atoms with E-state index in [0.29, 0.717) is 18.6 Å². The number of benzene rings is 1. The van der Waals surface area contributed by atoms with Crippen LogP contribution >= 0.6 is 24.2 Å². The molecular weight excluding hydrogens is 294 g/mol. The highest BCUT2D eigenvalue weighted by molar-refractivity contribution is 8.00. The van der Waals surface area contributed by atoms with E-state index < -0.39 is 5.54 Å². The van der Waals surface area contributed by atoms with E-state index in [4.69, 9.17) is 11.0 Å². The highest BCUT2D eigenvalue weighted by atomic mass is 35.5. The summed E-state index contributed by atoms with van der Waals surface area (Å²) in [5.74, 6) is 0.631. The topological polar surface area (TPSA) is 70.1 Å². The molecule has 3 rings (SSSR count). The highest BCUT2D eigenvalue weighted by Crippen LogP contribution is 2.42. The highest BCUT2D eigenvalue weighted by Gasteiger charge is 2.54. The minimum atomic E-state index is -0.853. The number of hydrogen-bond donors (Lipinski definition) is 1. The Balaban J connectivity index is 0.00000147. The maximum absolute atomic E-state index is 12.5. The molecule has 6 heteroatoms. The molecule has 1 aromatic rings. The second-order valence-electron chi connectivity index (χ2n) is 5.17. The average molecular weight is 310 g/mol. The Morgan fingerprint density at radius 1 is 1.45 bits per heavy atom. The molecule has 0 bridgehead atoms. The van der Waals surface area contributed by atoms with Gasteiger partial charge < -0.3 is 10.6 Å². The third-order valence-electron chi connectivity index (χ3n) is 3.80. The van der Waals surface area contributed by atoms with Crippen LogP contribution in [0.25, 0.3) is 0 Å². The molecule has 2 fully saturated rings. The van der Waals surface area contributed by atoms with Gasteiger partial charge in [0.15, 0.2) is 0 Å². The molecule has 2 aliphatic rings. The average Bonchev–Trinajstić information content (AvgIpc) is 2.90. The second kappa shape index (κ2) is 5.65. The molecule has 3 atom stereocenters. The lowest BCUT2D eigenvalue weighted by molar-refractivity contribution is -0.132. The largest absolute Gasteiger partial charge is 0.317 e. The maximum Gasteiger partial charge on any atom is 0.245 e. The van der Waals surface area contributed by atoms with Crippen molar-refractivity contribution in [2.45, 2.75) is 29.8 Å². The van der Waals surface area contributed by atoms with Gasteiger partial charge in [0.25, 0.3) is 0 Å². The summed E-state index contributed by atoms with van der Waals surface area (Å²) in [4.78, 5) is 14.2. The van der Waals surface area contributed by atoms with Gasteiger partial charge >= 0.3 is 0 Å². The minimum absolute atomic E-state index is 0. The molecule has 20 heavy (non-hydrogen) atoms. The summed E-state index contributed by atoms with van der Waals surface area (Å²) in [5, 5.41) is 9.17. The number of carbonyl (C=O) groups excluding carboxylic acids is 1. The Morgan fingerprint density at radius 3 is 2.80 bits per heavy atom. The molecule has 2 aliphatic heterocycles. The van der Waals surface area contributed by atoms with E-state index in [9.17, 15) is 4.79 Å². The van der Waals surface area contributed by atoms with E-state index in [1.165, 1.54) is 0 Å². The summed E-state index contributed by atoms with van der Waals surface area (Å²) < 4.78 is 0. The van der Waals surface area contributed by atoms with Crippen molar-refractivity contribution in [2.24, 2.45) is 5.73 Å². The van der Waals surface area contributed by atoms with E-state index >= 15 is 0 Å². The van der Waals surface area contributed by atoms with E-state index in [0.717, 1.165) is 5.56 Å². The summed E-state index contributed by atoms with van der Waals surface area (Å²) in [6.07, 6.45) is 1.17. The number of halogens is 1. The number of rotatable bonds is 2. The number of carbonyl (C=O) groups is 1. The minimum Gasteiger partial charge on any atom is -0.317 e. The van der Waals surface area contributed by atoms with Gasteiger partial charge in [0.1, 0.15) is 11.6 Å². The fourth-order valence-electron chi connectivity index (χ4n) is 2.86. The Hall–Kier alpha value is -1.22. The zero-order valence-corrected chi connectivity index (χ0v) is 12.5. The maximum atomic E-state index is 12.5. The first kappa shape index (κ1) is 15.2. The lowest BCUT2D eigenvalue weighted by Gasteiger charge is -2.24. The lowest BCUT2D eigenvalue weighted by atomic mass is 9.90. The normalized spacial score (nSPS) is 31.6. The van der Waals surface area contributed by atoms with Crippen LogP contribution in [0.2, 0.25) is 0 Å². The molecule has 0 radical (unpaired) electrons. The lowest BCUT2D eigenvalue weighted by Crippen LogP contribution is -2.51. The molecule has 1 aromatic carbocycles. The van der Waals surface area contributed by atoms with Crippen LogP contribution in [0, 0.1) is 11.3 Å². The Bertz CT molecular complexity index is 547. The molecule has 0 saturated carbocycles. The molecule has 0 aromatic heterocycles. The standard InChI is InChI=1S/C14H15N3OS.ClH/c15-8-11-9-19-12-7-14(16,13(18)17(11)12)6-10-4-2-1-3-5-10;/h1-5,11-12H,6-7,9,16H2;1H. The van der Waals surface area contributed by atoms with Crippen molar-refractivity contribution >= 4 is 30.1 Å². The predicted octanol–water partition coefficient (Wildman–Crippen LogP) is 1.55. The Morgan fingerprint density at radius 2 is 2.15 bits per heavy atom. The SMILES string of the molecule is Cl.N#CC1CSC2CC(N)(Cc3ccccc3)C(=O)N12. The van der Waals surface area contributed by atoms with Crippen LogP contribution < -0.4 is 5.73 Å². The van der Waals surface area contributed by atoms with Crippen molar-refractivity contribution in [1.29, 1.82) is 5.26 Å². The van der Waals surface area contributed by atoms with Gasteiger partial charge in [0.05, 0.1) is 11.4 Å². The first-order chi connectivity index (χ1) is 9.14. The zero-order chi connectivity index (χ0) is 13.5. The molecule has 3 unspecified atom stereocenters. The second-order valence-corrected chi connectivity index (χ2v) is 6.38.